The van der Waals surface area contributed by atoms with Gasteiger partial charge in [0.2, 0.25) is 0 Å². The number of carbonyl (C=O) groups is 1. The number of hydrogen-bond acceptors (Lipinski definition) is 3. The van der Waals surface area contributed by atoms with Crippen LogP contribution in [0.5, 0.6) is 0 Å². The van der Waals surface area contributed by atoms with Crippen LogP contribution in [0.4, 0.5) is 0 Å². The summed E-state index contributed by atoms with van der Waals surface area (Å²) >= 11 is 4.00. The molecule has 0 unspecified atom stereocenters. The molecule has 0 aromatic heterocycles. The number of Topliss-reactive ketones (excluding diaryl/α,β-unsaturated/α-hetero) is 1. The predicted molar refractivity (Wildman–Crippen MR) is 95.7 cm³/mol. The summed E-state index contributed by atoms with van der Waals surface area (Å²) in [4.78, 5) is 10.2. The Balaban J connectivity index is 0.000000511. The van der Waals surface area contributed by atoms with E-state index >= 15 is 0 Å². The van der Waals surface area contributed by atoms with Crippen molar-refractivity contribution in [2.45, 2.75) is 52.0 Å². The minimum atomic E-state index is 0.343. The average molecular weight is 313 g/mol. The van der Waals surface area contributed by atoms with Crippen LogP contribution < -0.4 is 0 Å². The van der Waals surface area contributed by atoms with Crippen LogP contribution in [0, 0.1) is 0 Å². The van der Waals surface area contributed by atoms with Crippen molar-refractivity contribution in [1.29, 1.82) is 0 Å². The van der Waals surface area contributed by atoms with E-state index in [0.29, 0.717) is 18.6 Å². The van der Waals surface area contributed by atoms with Crippen LogP contribution in [0.25, 0.3) is 0 Å². The zero-order valence-corrected chi connectivity index (χ0v) is 14.9. The maximum absolute atomic E-state index is 10.2. The van der Waals surface area contributed by atoms with Gasteiger partial charge in [0.25, 0.3) is 0 Å². The van der Waals surface area contributed by atoms with Crippen LogP contribution in [0.3, 0.4) is 0 Å². The highest BCUT2D eigenvalue weighted by molar-refractivity contribution is 7.98. The Morgan fingerprint density at radius 3 is 1.50 bits per heavy atom. The first-order valence-corrected chi connectivity index (χ1v) is 9.74. The van der Waals surface area contributed by atoms with Gasteiger partial charge in [-0.25, -0.2) is 0 Å². The Labute approximate surface area is 133 Å². The topological polar surface area (TPSA) is 17.1 Å². The van der Waals surface area contributed by atoms with Gasteiger partial charge in [0, 0.05) is 24.3 Å². The molecule has 0 aliphatic carbocycles. The molecule has 0 heterocycles. The minimum Gasteiger partial charge on any atom is -0.300 e. The standard InChI is InChI=1S/C12H18S2.C5H10O/c1-3-13-9-11-7-5-6-8-12(11)10-14-4-2;1-3-5(6)4-2/h5-8H,3-4,9-10H2,1-2H3;3-4H2,1-2H3. The van der Waals surface area contributed by atoms with Gasteiger partial charge in [0.1, 0.15) is 5.78 Å². The monoisotopic (exact) mass is 312 g/mol. The fourth-order valence-corrected chi connectivity index (χ4v) is 2.92. The Morgan fingerprint density at radius 2 is 1.25 bits per heavy atom. The van der Waals surface area contributed by atoms with E-state index in [-0.39, 0.29) is 0 Å². The molecule has 0 aliphatic rings. The summed E-state index contributed by atoms with van der Waals surface area (Å²) in [5.74, 6) is 5.08. The number of thioether (sulfide) groups is 2. The molecule has 114 valence electrons. The van der Waals surface area contributed by atoms with E-state index in [1.54, 1.807) is 0 Å². The van der Waals surface area contributed by atoms with E-state index in [0.717, 1.165) is 11.5 Å². The summed E-state index contributed by atoms with van der Waals surface area (Å²) in [6.07, 6.45) is 1.38. The van der Waals surface area contributed by atoms with Gasteiger partial charge in [-0.3, -0.25) is 4.79 Å². The predicted octanol–water partition coefficient (Wildman–Crippen LogP) is 5.57. The fraction of sp³-hybridized carbons (Fsp3) is 0.588. The van der Waals surface area contributed by atoms with Crippen molar-refractivity contribution in [3.05, 3.63) is 35.4 Å². The van der Waals surface area contributed by atoms with Gasteiger partial charge >= 0.3 is 0 Å². The van der Waals surface area contributed by atoms with Gasteiger partial charge in [-0.2, -0.15) is 23.5 Å². The first kappa shape index (κ1) is 19.6. The highest BCUT2D eigenvalue weighted by Gasteiger charge is 2.00. The van der Waals surface area contributed by atoms with Crippen LogP contribution >= 0.6 is 23.5 Å². The maximum Gasteiger partial charge on any atom is 0.132 e. The highest BCUT2D eigenvalue weighted by atomic mass is 32.2. The summed E-state index contributed by atoms with van der Waals surface area (Å²) in [5.41, 5.74) is 3.03. The normalized spacial score (nSPS) is 9.80. The molecule has 1 aromatic rings. The molecule has 0 aliphatic heterocycles. The molecule has 0 amide bonds. The Morgan fingerprint density at radius 1 is 0.850 bits per heavy atom. The molecule has 0 bridgehead atoms. The molecular weight excluding hydrogens is 284 g/mol. The van der Waals surface area contributed by atoms with Gasteiger partial charge < -0.3 is 0 Å². The zero-order valence-electron chi connectivity index (χ0n) is 13.3. The van der Waals surface area contributed by atoms with E-state index in [9.17, 15) is 4.79 Å². The second-order valence-corrected chi connectivity index (χ2v) is 6.84. The summed E-state index contributed by atoms with van der Waals surface area (Å²) in [7, 11) is 0. The Kier molecular flexibility index (Phi) is 13.3. The van der Waals surface area contributed by atoms with Crippen LogP contribution in [0.1, 0.15) is 51.7 Å². The lowest BCUT2D eigenvalue weighted by Gasteiger charge is -2.07. The SMILES string of the molecule is CCC(=O)CC.CCSCc1ccccc1CSCC. The molecule has 3 heteroatoms. The molecule has 1 rings (SSSR count). The van der Waals surface area contributed by atoms with Gasteiger partial charge in [0.05, 0.1) is 0 Å². The molecule has 0 saturated carbocycles. The molecular formula is C17H28OS2. The first-order valence-electron chi connectivity index (χ1n) is 7.43. The molecule has 0 saturated heterocycles. The first-order chi connectivity index (χ1) is 9.69. The third-order valence-electron chi connectivity index (χ3n) is 2.83. The van der Waals surface area contributed by atoms with Gasteiger partial charge in [0.15, 0.2) is 0 Å². The van der Waals surface area contributed by atoms with Crippen LogP contribution in [0.2, 0.25) is 0 Å². The summed E-state index contributed by atoms with van der Waals surface area (Å²) in [6, 6.07) is 8.81. The van der Waals surface area contributed by atoms with E-state index in [2.05, 4.69) is 38.1 Å². The van der Waals surface area contributed by atoms with Crippen molar-refractivity contribution in [2.24, 2.45) is 0 Å². The quantitative estimate of drug-likeness (QED) is 0.625. The van der Waals surface area contributed by atoms with Crippen molar-refractivity contribution in [1.82, 2.24) is 0 Å². The van der Waals surface area contributed by atoms with E-state index in [4.69, 9.17) is 0 Å². The Hall–Kier alpha value is -0.410. The van der Waals surface area contributed by atoms with Gasteiger partial charge in [-0.15, -0.1) is 0 Å². The number of ketones is 1. The lowest BCUT2D eigenvalue weighted by Crippen LogP contribution is -1.90. The van der Waals surface area contributed by atoms with Crippen molar-refractivity contribution in [2.75, 3.05) is 11.5 Å². The molecule has 0 N–H and O–H groups in total. The smallest absolute Gasteiger partial charge is 0.132 e. The number of rotatable bonds is 8. The number of hydrogen-bond donors (Lipinski definition) is 0. The van der Waals surface area contributed by atoms with Crippen molar-refractivity contribution in [3.8, 4) is 0 Å². The van der Waals surface area contributed by atoms with Crippen molar-refractivity contribution >= 4 is 29.3 Å². The van der Waals surface area contributed by atoms with Crippen LogP contribution in [-0.4, -0.2) is 17.3 Å². The third-order valence-corrected chi connectivity index (χ3v) is 4.68. The summed E-state index contributed by atoms with van der Waals surface area (Å²) in [5, 5.41) is 0. The average Bonchev–Trinajstić information content (AvgIpc) is 2.51. The fourth-order valence-electron chi connectivity index (χ4n) is 1.51. The third kappa shape index (κ3) is 9.49. The minimum absolute atomic E-state index is 0.343. The Bertz CT molecular complexity index is 331. The number of benzene rings is 1. The van der Waals surface area contributed by atoms with E-state index in [1.807, 2.05) is 37.4 Å². The van der Waals surface area contributed by atoms with Gasteiger partial charge in [-0.1, -0.05) is 52.0 Å². The molecule has 1 aromatic carbocycles. The summed E-state index contributed by atoms with van der Waals surface area (Å²) < 4.78 is 0. The van der Waals surface area contributed by atoms with Gasteiger partial charge in [-0.05, 0) is 22.6 Å². The molecule has 20 heavy (non-hydrogen) atoms. The van der Waals surface area contributed by atoms with Crippen LogP contribution in [0.15, 0.2) is 24.3 Å². The van der Waals surface area contributed by atoms with Crippen molar-refractivity contribution in [3.63, 3.8) is 0 Å². The maximum atomic E-state index is 10.2. The summed E-state index contributed by atoms with van der Waals surface area (Å²) in [6.45, 7) is 8.19. The zero-order chi connectivity index (χ0) is 15.2. The molecule has 1 nitrogen and oxygen atoms in total. The lowest BCUT2D eigenvalue weighted by molar-refractivity contribution is -0.118. The van der Waals surface area contributed by atoms with E-state index < -0.39 is 0 Å². The highest BCUT2D eigenvalue weighted by Crippen LogP contribution is 2.20. The van der Waals surface area contributed by atoms with Crippen molar-refractivity contribution < 1.29 is 4.79 Å². The number of carbonyl (C=O) groups excluding carboxylic acids is 1. The van der Waals surface area contributed by atoms with Crippen LogP contribution in [-0.2, 0) is 16.3 Å². The second-order valence-electron chi connectivity index (χ2n) is 4.29. The van der Waals surface area contributed by atoms with E-state index in [1.165, 1.54) is 22.6 Å². The molecule has 0 atom stereocenters. The molecule has 0 fully saturated rings. The molecule has 0 radical (unpaired) electrons. The lowest BCUT2D eigenvalue weighted by atomic mass is 10.1. The second kappa shape index (κ2) is 13.6. The molecule has 0 spiro atoms. The largest absolute Gasteiger partial charge is 0.300 e.